The number of hydrogen-bond acceptors (Lipinski definition) is 4. The number of benzene rings is 1. The number of carboxylic acid groups (broad SMARTS) is 1. The molecule has 0 heterocycles. The minimum absolute atomic E-state index is 0.201. The van der Waals surface area contributed by atoms with Crippen molar-refractivity contribution in [2.75, 3.05) is 13.7 Å². The van der Waals surface area contributed by atoms with Gasteiger partial charge in [-0.05, 0) is 43.5 Å². The third-order valence-corrected chi connectivity index (χ3v) is 3.34. The quantitative estimate of drug-likeness (QED) is 0.602. The molecule has 5 nitrogen and oxygen atoms in total. The van der Waals surface area contributed by atoms with Crippen molar-refractivity contribution in [2.45, 2.75) is 31.8 Å². The molecule has 2 unspecified atom stereocenters. The highest BCUT2D eigenvalue weighted by Gasteiger charge is 2.22. The van der Waals surface area contributed by atoms with Gasteiger partial charge < -0.3 is 20.7 Å². The van der Waals surface area contributed by atoms with E-state index in [0.29, 0.717) is 24.3 Å². The number of rotatable bonds is 9. The summed E-state index contributed by atoms with van der Waals surface area (Å²) in [6.07, 6.45) is 1.50. The molecule has 0 spiro atoms. The van der Waals surface area contributed by atoms with E-state index in [2.05, 4.69) is 0 Å². The number of nitrogens with two attached hydrogens (primary N) is 1. The Morgan fingerprint density at radius 3 is 2.75 bits per heavy atom. The molecular formula is C15H23NO4. The van der Waals surface area contributed by atoms with Crippen LogP contribution >= 0.6 is 0 Å². The van der Waals surface area contributed by atoms with Crippen LogP contribution in [0.5, 0.6) is 5.75 Å². The van der Waals surface area contributed by atoms with Crippen LogP contribution in [0.25, 0.3) is 0 Å². The van der Waals surface area contributed by atoms with E-state index in [0.717, 1.165) is 12.8 Å². The summed E-state index contributed by atoms with van der Waals surface area (Å²) in [6, 6.07) is 7.06. The first-order chi connectivity index (χ1) is 9.58. The van der Waals surface area contributed by atoms with Gasteiger partial charge in [0.25, 0.3) is 0 Å². The second kappa shape index (κ2) is 8.55. The Morgan fingerprint density at radius 2 is 2.15 bits per heavy atom. The van der Waals surface area contributed by atoms with Gasteiger partial charge in [0.05, 0.1) is 19.1 Å². The van der Waals surface area contributed by atoms with E-state index in [9.17, 15) is 15.0 Å². The van der Waals surface area contributed by atoms with Crippen LogP contribution < -0.4 is 10.5 Å². The van der Waals surface area contributed by atoms with Gasteiger partial charge in [0.15, 0.2) is 0 Å². The van der Waals surface area contributed by atoms with Crippen LogP contribution in [0, 0.1) is 5.92 Å². The number of carboxylic acids is 1. The predicted octanol–water partition coefficient (Wildman–Crippen LogP) is 1.95. The van der Waals surface area contributed by atoms with E-state index in [1.54, 1.807) is 31.4 Å². The molecule has 20 heavy (non-hydrogen) atoms. The van der Waals surface area contributed by atoms with Gasteiger partial charge in [-0.15, -0.1) is 0 Å². The lowest BCUT2D eigenvalue weighted by molar-refractivity contribution is -0.143. The maximum Gasteiger partial charge on any atom is 0.306 e. The molecule has 0 fully saturated rings. The van der Waals surface area contributed by atoms with Gasteiger partial charge in [-0.25, -0.2) is 0 Å². The SMILES string of the molecule is COc1cccc(C(O)CC(CCCCN)C(=O)O)c1. The molecule has 0 aromatic heterocycles. The number of aliphatic hydroxyl groups excluding tert-OH is 1. The second-order valence-electron chi connectivity index (χ2n) is 4.85. The van der Waals surface area contributed by atoms with Gasteiger partial charge in [-0.2, -0.15) is 0 Å². The third-order valence-electron chi connectivity index (χ3n) is 3.34. The van der Waals surface area contributed by atoms with Crippen molar-refractivity contribution in [3.63, 3.8) is 0 Å². The summed E-state index contributed by atoms with van der Waals surface area (Å²) in [5, 5.41) is 19.4. The Balaban J connectivity index is 2.64. The number of methoxy groups -OCH3 is 1. The number of ether oxygens (including phenoxy) is 1. The molecule has 2 atom stereocenters. The van der Waals surface area contributed by atoms with E-state index >= 15 is 0 Å². The highest BCUT2D eigenvalue weighted by Crippen LogP contribution is 2.26. The van der Waals surface area contributed by atoms with Crippen LogP contribution in [-0.4, -0.2) is 29.8 Å². The van der Waals surface area contributed by atoms with Gasteiger partial charge in [0, 0.05) is 0 Å². The summed E-state index contributed by atoms with van der Waals surface area (Å²) >= 11 is 0. The first kappa shape index (κ1) is 16.5. The van der Waals surface area contributed by atoms with E-state index < -0.39 is 18.0 Å². The van der Waals surface area contributed by atoms with E-state index in [1.807, 2.05) is 0 Å². The molecule has 0 aliphatic rings. The number of aliphatic carboxylic acids is 1. The first-order valence-electron chi connectivity index (χ1n) is 6.83. The Hall–Kier alpha value is -1.59. The highest BCUT2D eigenvalue weighted by atomic mass is 16.5. The maximum absolute atomic E-state index is 11.2. The average molecular weight is 281 g/mol. The van der Waals surface area contributed by atoms with Crippen molar-refractivity contribution in [1.82, 2.24) is 0 Å². The van der Waals surface area contributed by atoms with Gasteiger partial charge in [0.1, 0.15) is 5.75 Å². The number of unbranched alkanes of at least 4 members (excludes halogenated alkanes) is 1. The molecule has 0 radical (unpaired) electrons. The average Bonchev–Trinajstić information content (AvgIpc) is 2.46. The van der Waals surface area contributed by atoms with E-state index in [1.165, 1.54) is 0 Å². The fourth-order valence-corrected chi connectivity index (χ4v) is 2.13. The Kier molecular flexibility index (Phi) is 7.04. The monoisotopic (exact) mass is 281 g/mol. The summed E-state index contributed by atoms with van der Waals surface area (Å²) in [4.78, 5) is 11.2. The Morgan fingerprint density at radius 1 is 1.40 bits per heavy atom. The van der Waals surface area contributed by atoms with Crippen LogP contribution in [0.4, 0.5) is 0 Å². The molecule has 1 aromatic rings. The minimum Gasteiger partial charge on any atom is -0.497 e. The van der Waals surface area contributed by atoms with Crippen LogP contribution in [0.1, 0.15) is 37.4 Å². The minimum atomic E-state index is -0.871. The van der Waals surface area contributed by atoms with Crippen molar-refractivity contribution in [1.29, 1.82) is 0 Å². The summed E-state index contributed by atoms with van der Waals surface area (Å²) in [5.41, 5.74) is 6.08. The number of hydrogen-bond donors (Lipinski definition) is 3. The van der Waals surface area contributed by atoms with Crippen molar-refractivity contribution in [3.8, 4) is 5.75 Å². The van der Waals surface area contributed by atoms with Crippen LogP contribution in [0.3, 0.4) is 0 Å². The molecular weight excluding hydrogens is 258 g/mol. The third kappa shape index (κ3) is 5.19. The topological polar surface area (TPSA) is 92.8 Å². The lowest BCUT2D eigenvalue weighted by atomic mass is 9.92. The molecule has 0 bridgehead atoms. The molecule has 112 valence electrons. The fourth-order valence-electron chi connectivity index (χ4n) is 2.13. The highest BCUT2D eigenvalue weighted by molar-refractivity contribution is 5.70. The van der Waals surface area contributed by atoms with Crippen LogP contribution in [0.15, 0.2) is 24.3 Å². The smallest absolute Gasteiger partial charge is 0.306 e. The lowest BCUT2D eigenvalue weighted by Crippen LogP contribution is -2.17. The fraction of sp³-hybridized carbons (Fsp3) is 0.533. The van der Waals surface area contributed by atoms with Gasteiger partial charge in [0.2, 0.25) is 0 Å². The largest absolute Gasteiger partial charge is 0.497 e. The zero-order valence-electron chi connectivity index (χ0n) is 11.8. The Bertz CT molecular complexity index is 422. The summed E-state index contributed by atoms with van der Waals surface area (Å²) in [6.45, 7) is 0.560. The zero-order chi connectivity index (χ0) is 15.0. The van der Waals surface area contributed by atoms with Crippen molar-refractivity contribution < 1.29 is 19.7 Å². The molecule has 0 saturated heterocycles. The first-order valence-corrected chi connectivity index (χ1v) is 6.83. The van der Waals surface area contributed by atoms with E-state index in [-0.39, 0.29) is 6.42 Å². The van der Waals surface area contributed by atoms with E-state index in [4.69, 9.17) is 10.5 Å². The molecule has 1 aromatic carbocycles. The standard InChI is InChI=1S/C15H23NO4/c1-20-13-7-4-6-11(9-13)14(17)10-12(15(18)19)5-2-3-8-16/h4,6-7,9,12,14,17H,2-3,5,8,10,16H2,1H3,(H,18,19). The van der Waals surface area contributed by atoms with Crippen LogP contribution in [0.2, 0.25) is 0 Å². The summed E-state index contributed by atoms with van der Waals surface area (Å²) < 4.78 is 5.10. The number of aliphatic hydroxyl groups is 1. The van der Waals surface area contributed by atoms with Gasteiger partial charge >= 0.3 is 5.97 Å². The van der Waals surface area contributed by atoms with Crippen molar-refractivity contribution in [2.24, 2.45) is 11.7 Å². The van der Waals surface area contributed by atoms with Gasteiger partial charge in [-0.1, -0.05) is 18.6 Å². The maximum atomic E-state index is 11.2. The molecule has 0 aliphatic heterocycles. The summed E-state index contributed by atoms with van der Waals surface area (Å²) in [5.74, 6) is -0.775. The second-order valence-corrected chi connectivity index (χ2v) is 4.85. The normalized spacial score (nSPS) is 13.8. The molecule has 4 N–H and O–H groups in total. The van der Waals surface area contributed by atoms with Gasteiger partial charge in [-0.3, -0.25) is 4.79 Å². The molecule has 1 rings (SSSR count). The molecule has 0 saturated carbocycles. The lowest BCUT2D eigenvalue weighted by Gasteiger charge is -2.17. The number of carbonyl (C=O) groups is 1. The zero-order valence-corrected chi connectivity index (χ0v) is 11.8. The van der Waals surface area contributed by atoms with Crippen molar-refractivity contribution >= 4 is 5.97 Å². The molecule has 0 aliphatic carbocycles. The van der Waals surface area contributed by atoms with Crippen molar-refractivity contribution in [3.05, 3.63) is 29.8 Å². The van der Waals surface area contributed by atoms with Crippen LogP contribution in [-0.2, 0) is 4.79 Å². The molecule has 0 amide bonds. The summed E-state index contributed by atoms with van der Waals surface area (Å²) in [7, 11) is 1.55. The Labute approximate surface area is 119 Å². The predicted molar refractivity (Wildman–Crippen MR) is 76.6 cm³/mol. The molecule has 5 heteroatoms.